The fourth-order valence-corrected chi connectivity index (χ4v) is 2.27. The van der Waals surface area contributed by atoms with Crippen molar-refractivity contribution in [2.75, 3.05) is 13.2 Å². The molecule has 0 fully saturated rings. The first-order valence-corrected chi connectivity index (χ1v) is 7.76. The minimum absolute atomic E-state index is 0.0110. The van der Waals surface area contributed by atoms with Gasteiger partial charge in [0.25, 0.3) is 0 Å². The fourth-order valence-electron chi connectivity index (χ4n) is 1.75. The summed E-state index contributed by atoms with van der Waals surface area (Å²) in [5, 5.41) is 0.213. The molecular formula is C17H18Cl2O4. The lowest BCUT2D eigenvalue weighted by atomic mass is 10.0. The van der Waals surface area contributed by atoms with Crippen molar-refractivity contribution < 1.29 is 19.1 Å². The summed E-state index contributed by atoms with van der Waals surface area (Å²) in [7, 11) is 0. The molecule has 1 atom stereocenters. The molecule has 1 aromatic carbocycles. The van der Waals surface area contributed by atoms with Gasteiger partial charge in [-0.3, -0.25) is 0 Å². The van der Waals surface area contributed by atoms with Gasteiger partial charge in [-0.2, -0.15) is 0 Å². The average Bonchev–Trinajstić information content (AvgIpc) is 2.52. The molecule has 0 N–H and O–H groups in total. The summed E-state index contributed by atoms with van der Waals surface area (Å²) in [6.07, 6.45) is 3.90. The lowest BCUT2D eigenvalue weighted by molar-refractivity contribution is -0.139. The molecule has 0 heterocycles. The molecule has 0 saturated heterocycles. The van der Waals surface area contributed by atoms with E-state index in [1.54, 1.807) is 6.07 Å². The van der Waals surface area contributed by atoms with Crippen LogP contribution in [0, 0.1) is 6.92 Å². The van der Waals surface area contributed by atoms with Crippen LogP contribution in [-0.4, -0.2) is 30.5 Å². The van der Waals surface area contributed by atoms with Gasteiger partial charge in [0.15, 0.2) is 0 Å². The smallest absolute Gasteiger partial charge is 0.331 e. The third kappa shape index (κ3) is 7.35. The Morgan fingerprint density at radius 2 is 1.91 bits per heavy atom. The Labute approximate surface area is 145 Å². The maximum Gasteiger partial charge on any atom is 0.331 e. The minimum Gasteiger partial charge on any atom is -0.461 e. The Hall–Kier alpha value is -1.78. The summed E-state index contributed by atoms with van der Waals surface area (Å²) in [4.78, 5) is 22.6. The van der Waals surface area contributed by atoms with E-state index < -0.39 is 17.3 Å². The molecule has 1 unspecified atom stereocenters. The van der Waals surface area contributed by atoms with Crippen molar-refractivity contribution in [3.05, 3.63) is 59.2 Å². The van der Waals surface area contributed by atoms with E-state index in [0.29, 0.717) is 11.4 Å². The van der Waals surface area contributed by atoms with Gasteiger partial charge in [0, 0.05) is 17.2 Å². The van der Waals surface area contributed by atoms with Gasteiger partial charge in [-0.05, 0) is 30.5 Å². The van der Waals surface area contributed by atoms with Crippen molar-refractivity contribution >= 4 is 35.1 Å². The SMILES string of the molecule is C=CCOC(=O)C=CC(=O)OCC(Cl)Cc1c(C)cccc1Cl. The molecular weight excluding hydrogens is 339 g/mol. The van der Waals surface area contributed by atoms with Crippen molar-refractivity contribution in [3.63, 3.8) is 0 Å². The number of ether oxygens (including phenoxy) is 2. The highest BCUT2D eigenvalue weighted by Gasteiger charge is 2.13. The number of alkyl halides is 1. The van der Waals surface area contributed by atoms with Crippen LogP contribution < -0.4 is 0 Å². The first-order chi connectivity index (χ1) is 10.9. The number of hydrogen-bond donors (Lipinski definition) is 0. The van der Waals surface area contributed by atoms with Crippen molar-refractivity contribution in [1.29, 1.82) is 0 Å². The first kappa shape index (κ1) is 19.3. The van der Waals surface area contributed by atoms with Gasteiger partial charge >= 0.3 is 11.9 Å². The number of carbonyl (C=O) groups is 2. The van der Waals surface area contributed by atoms with Gasteiger partial charge in [-0.25, -0.2) is 9.59 Å². The molecule has 0 radical (unpaired) electrons. The lowest BCUT2D eigenvalue weighted by Crippen LogP contribution is -2.16. The lowest BCUT2D eigenvalue weighted by Gasteiger charge is -2.13. The molecule has 0 spiro atoms. The van der Waals surface area contributed by atoms with E-state index in [-0.39, 0.29) is 13.2 Å². The number of hydrogen-bond acceptors (Lipinski definition) is 4. The second kappa shape index (κ2) is 10.1. The van der Waals surface area contributed by atoms with Crippen molar-refractivity contribution in [2.24, 2.45) is 0 Å². The van der Waals surface area contributed by atoms with Crippen molar-refractivity contribution in [3.8, 4) is 0 Å². The summed E-state index contributed by atoms with van der Waals surface area (Å²) in [5.41, 5.74) is 1.95. The predicted octanol–water partition coefficient (Wildman–Crippen LogP) is 3.63. The number of halogens is 2. The molecule has 0 aliphatic rings. The molecule has 0 aliphatic carbocycles. The Balaban J connectivity index is 2.42. The van der Waals surface area contributed by atoms with E-state index in [2.05, 4.69) is 11.3 Å². The molecule has 23 heavy (non-hydrogen) atoms. The van der Waals surface area contributed by atoms with Crippen LogP contribution in [0.4, 0.5) is 0 Å². The van der Waals surface area contributed by atoms with E-state index >= 15 is 0 Å². The van der Waals surface area contributed by atoms with Crippen LogP contribution in [0.2, 0.25) is 5.02 Å². The molecule has 1 aromatic rings. The summed E-state index contributed by atoms with van der Waals surface area (Å²) >= 11 is 12.3. The van der Waals surface area contributed by atoms with Crippen LogP contribution in [0.3, 0.4) is 0 Å². The van der Waals surface area contributed by atoms with Crippen molar-refractivity contribution in [1.82, 2.24) is 0 Å². The molecule has 4 nitrogen and oxygen atoms in total. The Bertz CT molecular complexity index is 576. The maximum atomic E-state index is 11.5. The van der Waals surface area contributed by atoms with Gasteiger partial charge in [-0.1, -0.05) is 36.4 Å². The minimum atomic E-state index is -0.665. The predicted molar refractivity (Wildman–Crippen MR) is 90.8 cm³/mol. The van der Waals surface area contributed by atoms with Crippen LogP contribution in [-0.2, 0) is 25.5 Å². The quantitative estimate of drug-likeness (QED) is 0.309. The van der Waals surface area contributed by atoms with E-state index in [9.17, 15) is 9.59 Å². The molecule has 124 valence electrons. The molecule has 0 bridgehead atoms. The van der Waals surface area contributed by atoms with Gasteiger partial charge in [0.2, 0.25) is 0 Å². The highest BCUT2D eigenvalue weighted by atomic mass is 35.5. The van der Waals surface area contributed by atoms with Crippen molar-refractivity contribution in [2.45, 2.75) is 18.7 Å². The Kier molecular flexibility index (Phi) is 8.45. The number of carbonyl (C=O) groups excluding carboxylic acids is 2. The van der Waals surface area contributed by atoms with E-state index in [1.165, 1.54) is 6.08 Å². The second-order valence-electron chi connectivity index (χ2n) is 4.72. The van der Waals surface area contributed by atoms with E-state index in [4.69, 9.17) is 27.9 Å². The second-order valence-corrected chi connectivity index (χ2v) is 5.74. The maximum absolute atomic E-state index is 11.5. The van der Waals surface area contributed by atoms with Crippen LogP contribution in [0.15, 0.2) is 43.0 Å². The molecule has 1 rings (SSSR count). The van der Waals surface area contributed by atoms with Gasteiger partial charge in [0.05, 0.1) is 5.38 Å². The van der Waals surface area contributed by atoms with Crippen LogP contribution in [0.5, 0.6) is 0 Å². The summed E-state index contributed by atoms with van der Waals surface area (Å²) in [5.74, 6) is -1.31. The standard InChI is InChI=1S/C17H18Cl2O4/c1-3-9-22-16(20)7-8-17(21)23-11-13(18)10-14-12(2)5-4-6-15(14)19/h3-8,13H,1,9-11H2,2H3. The molecule has 0 saturated carbocycles. The average molecular weight is 357 g/mol. The summed E-state index contributed by atoms with van der Waals surface area (Å²) < 4.78 is 9.66. The van der Waals surface area contributed by atoms with Gasteiger partial charge in [0.1, 0.15) is 13.2 Å². The molecule has 0 aliphatic heterocycles. The topological polar surface area (TPSA) is 52.6 Å². The fraction of sp³-hybridized carbons (Fsp3) is 0.294. The Morgan fingerprint density at radius 3 is 2.52 bits per heavy atom. The normalized spacial score (nSPS) is 12.0. The van der Waals surface area contributed by atoms with Crippen LogP contribution in [0.1, 0.15) is 11.1 Å². The van der Waals surface area contributed by atoms with Crippen LogP contribution in [0.25, 0.3) is 0 Å². The van der Waals surface area contributed by atoms with Gasteiger partial charge in [-0.15, -0.1) is 11.6 Å². The number of rotatable bonds is 8. The molecule has 0 aromatic heterocycles. The largest absolute Gasteiger partial charge is 0.461 e. The number of benzene rings is 1. The first-order valence-electron chi connectivity index (χ1n) is 6.94. The highest BCUT2D eigenvalue weighted by molar-refractivity contribution is 6.31. The third-order valence-corrected chi connectivity index (χ3v) is 3.52. The number of esters is 2. The van der Waals surface area contributed by atoms with Gasteiger partial charge < -0.3 is 9.47 Å². The van der Waals surface area contributed by atoms with E-state index in [0.717, 1.165) is 23.3 Å². The molecule has 0 amide bonds. The number of aryl methyl sites for hydroxylation is 1. The monoisotopic (exact) mass is 356 g/mol. The Morgan fingerprint density at radius 1 is 1.26 bits per heavy atom. The van der Waals surface area contributed by atoms with E-state index in [1.807, 2.05) is 19.1 Å². The summed E-state index contributed by atoms with van der Waals surface area (Å²) in [6, 6.07) is 5.59. The van der Waals surface area contributed by atoms with Crippen LogP contribution >= 0.6 is 23.2 Å². The molecule has 6 heteroatoms. The summed E-state index contributed by atoms with van der Waals surface area (Å²) in [6.45, 7) is 5.44. The zero-order valence-electron chi connectivity index (χ0n) is 12.8. The highest BCUT2D eigenvalue weighted by Crippen LogP contribution is 2.22. The zero-order valence-corrected chi connectivity index (χ0v) is 14.3. The zero-order chi connectivity index (χ0) is 17.2. The third-order valence-electron chi connectivity index (χ3n) is 2.88.